The summed E-state index contributed by atoms with van der Waals surface area (Å²) in [5.41, 5.74) is 5.49. The molecule has 0 spiro atoms. The van der Waals surface area contributed by atoms with E-state index in [0.717, 1.165) is 0 Å². The second-order valence-electron chi connectivity index (χ2n) is 5.41. The van der Waals surface area contributed by atoms with Crippen LogP contribution in [0.5, 0.6) is 0 Å². The normalized spacial score (nSPS) is 11.0. The molecule has 2 aromatic carbocycles. The Morgan fingerprint density at radius 2 is 2.00 bits per heavy atom. The minimum absolute atomic E-state index is 0.172. The van der Waals surface area contributed by atoms with E-state index in [1.807, 2.05) is 25.1 Å². The van der Waals surface area contributed by atoms with Gasteiger partial charge in [0.25, 0.3) is 0 Å². The standard InChI is InChI=1S/C18H14Cl2N4O2/c1-11-14(10-21-22-13-6-4-5-12(9-13)18(25)26)17(20)24(23-11)16-8-3-2-7-15(16)19/h2-10,22H,1H3,(H,25,26)/b21-10+. The minimum Gasteiger partial charge on any atom is -0.478 e. The number of para-hydroxylation sites is 1. The van der Waals surface area contributed by atoms with E-state index in [1.54, 1.807) is 22.9 Å². The summed E-state index contributed by atoms with van der Waals surface area (Å²) in [7, 11) is 0. The van der Waals surface area contributed by atoms with Crippen molar-refractivity contribution in [3.63, 3.8) is 0 Å². The quantitative estimate of drug-likeness (QED) is 0.493. The molecule has 26 heavy (non-hydrogen) atoms. The zero-order chi connectivity index (χ0) is 18.7. The average molecular weight is 389 g/mol. The number of halogens is 2. The molecule has 0 radical (unpaired) electrons. The molecule has 0 aliphatic carbocycles. The third kappa shape index (κ3) is 3.71. The lowest BCUT2D eigenvalue weighted by Crippen LogP contribution is -1.98. The molecular weight excluding hydrogens is 375 g/mol. The minimum atomic E-state index is -1.00. The zero-order valence-corrected chi connectivity index (χ0v) is 15.2. The molecule has 0 saturated carbocycles. The largest absolute Gasteiger partial charge is 0.478 e. The number of hydrogen-bond acceptors (Lipinski definition) is 4. The number of benzene rings is 2. The van der Waals surface area contributed by atoms with Crippen LogP contribution >= 0.6 is 23.2 Å². The van der Waals surface area contributed by atoms with E-state index in [2.05, 4.69) is 15.6 Å². The van der Waals surface area contributed by atoms with Gasteiger partial charge < -0.3 is 5.11 Å². The van der Waals surface area contributed by atoms with Crippen molar-refractivity contribution in [1.82, 2.24) is 9.78 Å². The average Bonchev–Trinajstić information content (AvgIpc) is 2.90. The van der Waals surface area contributed by atoms with Gasteiger partial charge in [-0.1, -0.05) is 41.4 Å². The fourth-order valence-corrected chi connectivity index (χ4v) is 2.86. The Morgan fingerprint density at radius 1 is 1.23 bits per heavy atom. The summed E-state index contributed by atoms with van der Waals surface area (Å²) in [5.74, 6) is -1.00. The Kier molecular flexibility index (Phi) is 5.25. The lowest BCUT2D eigenvalue weighted by atomic mass is 10.2. The number of carbonyl (C=O) groups is 1. The highest BCUT2D eigenvalue weighted by Crippen LogP contribution is 2.26. The van der Waals surface area contributed by atoms with Gasteiger partial charge in [-0.15, -0.1) is 0 Å². The van der Waals surface area contributed by atoms with Crippen LogP contribution in [0.4, 0.5) is 5.69 Å². The Morgan fingerprint density at radius 3 is 2.73 bits per heavy atom. The lowest BCUT2D eigenvalue weighted by molar-refractivity contribution is 0.0697. The molecule has 0 unspecified atom stereocenters. The third-order valence-corrected chi connectivity index (χ3v) is 4.31. The zero-order valence-electron chi connectivity index (χ0n) is 13.6. The predicted octanol–water partition coefficient (Wildman–Crippen LogP) is 4.63. The molecule has 6 nitrogen and oxygen atoms in total. The van der Waals surface area contributed by atoms with Crippen LogP contribution in [0.25, 0.3) is 5.69 Å². The van der Waals surface area contributed by atoms with Crippen molar-refractivity contribution < 1.29 is 9.90 Å². The van der Waals surface area contributed by atoms with Crippen molar-refractivity contribution >= 4 is 41.1 Å². The summed E-state index contributed by atoms with van der Waals surface area (Å²) < 4.78 is 1.55. The smallest absolute Gasteiger partial charge is 0.335 e. The van der Waals surface area contributed by atoms with Gasteiger partial charge in [0.2, 0.25) is 0 Å². The van der Waals surface area contributed by atoms with Crippen LogP contribution in [-0.4, -0.2) is 27.1 Å². The first-order valence-corrected chi connectivity index (χ1v) is 8.35. The molecular formula is C18H14Cl2N4O2. The van der Waals surface area contributed by atoms with Gasteiger partial charge >= 0.3 is 5.97 Å². The van der Waals surface area contributed by atoms with Gasteiger partial charge in [0.05, 0.1) is 39.4 Å². The van der Waals surface area contributed by atoms with Crippen LogP contribution in [-0.2, 0) is 0 Å². The van der Waals surface area contributed by atoms with Crippen LogP contribution in [0.1, 0.15) is 21.6 Å². The highest BCUT2D eigenvalue weighted by Gasteiger charge is 2.14. The van der Waals surface area contributed by atoms with Gasteiger partial charge in [-0.2, -0.15) is 10.2 Å². The van der Waals surface area contributed by atoms with Crippen LogP contribution < -0.4 is 5.43 Å². The summed E-state index contributed by atoms with van der Waals surface area (Å²) in [6, 6.07) is 13.6. The number of anilines is 1. The monoisotopic (exact) mass is 388 g/mol. The number of aromatic nitrogens is 2. The SMILES string of the molecule is Cc1nn(-c2ccccc2Cl)c(Cl)c1/C=N/Nc1cccc(C(=O)O)c1. The third-order valence-electron chi connectivity index (χ3n) is 3.63. The number of carboxylic acids is 1. The molecule has 0 bridgehead atoms. The fourth-order valence-electron chi connectivity index (χ4n) is 2.33. The van der Waals surface area contributed by atoms with Crippen molar-refractivity contribution in [2.45, 2.75) is 6.92 Å². The van der Waals surface area contributed by atoms with Crippen molar-refractivity contribution in [2.24, 2.45) is 5.10 Å². The maximum absolute atomic E-state index is 11.0. The van der Waals surface area contributed by atoms with Crippen LogP contribution in [0.15, 0.2) is 53.6 Å². The van der Waals surface area contributed by atoms with Gasteiger partial charge in [-0.3, -0.25) is 5.43 Å². The first kappa shape index (κ1) is 18.0. The number of nitrogens with one attached hydrogen (secondary N) is 1. The Labute approximate surface area is 159 Å². The maximum Gasteiger partial charge on any atom is 0.335 e. The number of carboxylic acid groups (broad SMARTS) is 1. The fraction of sp³-hybridized carbons (Fsp3) is 0.0556. The van der Waals surface area contributed by atoms with E-state index < -0.39 is 5.97 Å². The summed E-state index contributed by atoms with van der Waals surface area (Å²) in [6.45, 7) is 1.81. The van der Waals surface area contributed by atoms with E-state index in [4.69, 9.17) is 28.3 Å². The number of nitrogens with zero attached hydrogens (tertiary/aromatic N) is 3. The van der Waals surface area contributed by atoms with E-state index in [9.17, 15) is 4.79 Å². The molecule has 0 saturated heterocycles. The molecule has 3 rings (SSSR count). The number of hydrogen-bond donors (Lipinski definition) is 2. The summed E-state index contributed by atoms with van der Waals surface area (Å²) in [5, 5.41) is 18.5. The molecule has 8 heteroatoms. The molecule has 0 fully saturated rings. The van der Waals surface area contributed by atoms with E-state index >= 15 is 0 Å². The molecule has 2 N–H and O–H groups in total. The summed E-state index contributed by atoms with van der Waals surface area (Å²) >= 11 is 12.6. The molecule has 0 aliphatic rings. The van der Waals surface area contributed by atoms with Gasteiger partial charge in [0.15, 0.2) is 0 Å². The van der Waals surface area contributed by atoms with E-state index in [0.29, 0.717) is 32.8 Å². The molecule has 0 aliphatic heterocycles. The molecule has 1 aromatic heterocycles. The van der Waals surface area contributed by atoms with E-state index in [1.165, 1.54) is 18.3 Å². The highest BCUT2D eigenvalue weighted by molar-refractivity contribution is 6.34. The number of hydrazone groups is 1. The van der Waals surface area contributed by atoms with Gasteiger partial charge in [0.1, 0.15) is 5.15 Å². The molecule has 132 valence electrons. The first-order chi connectivity index (χ1) is 12.5. The van der Waals surface area contributed by atoms with Crippen LogP contribution in [0.2, 0.25) is 10.2 Å². The highest BCUT2D eigenvalue weighted by atomic mass is 35.5. The summed E-state index contributed by atoms with van der Waals surface area (Å²) in [6.07, 6.45) is 1.53. The van der Waals surface area contributed by atoms with Crippen LogP contribution in [0, 0.1) is 6.92 Å². The maximum atomic E-state index is 11.0. The van der Waals surface area contributed by atoms with Crippen LogP contribution in [0.3, 0.4) is 0 Å². The van der Waals surface area contributed by atoms with Crippen molar-refractivity contribution in [1.29, 1.82) is 0 Å². The molecule has 1 heterocycles. The van der Waals surface area contributed by atoms with E-state index in [-0.39, 0.29) is 5.56 Å². The van der Waals surface area contributed by atoms with Gasteiger partial charge in [-0.25, -0.2) is 9.48 Å². The Balaban J connectivity index is 1.85. The lowest BCUT2D eigenvalue weighted by Gasteiger charge is -2.05. The van der Waals surface area contributed by atoms with Gasteiger partial charge in [0, 0.05) is 0 Å². The van der Waals surface area contributed by atoms with Crippen molar-refractivity contribution in [2.75, 3.05) is 5.43 Å². The number of aryl methyl sites for hydroxylation is 1. The Hall–Kier alpha value is -2.83. The summed E-state index contributed by atoms with van der Waals surface area (Å²) in [4.78, 5) is 11.0. The van der Waals surface area contributed by atoms with Gasteiger partial charge in [-0.05, 0) is 37.3 Å². The second-order valence-corrected chi connectivity index (χ2v) is 6.17. The topological polar surface area (TPSA) is 79.5 Å². The molecule has 3 aromatic rings. The van der Waals surface area contributed by atoms with Crippen molar-refractivity contribution in [3.05, 3.63) is 75.5 Å². The van der Waals surface area contributed by atoms with Crippen molar-refractivity contribution in [3.8, 4) is 5.69 Å². The number of aromatic carboxylic acids is 1. The first-order valence-electron chi connectivity index (χ1n) is 7.60. The number of rotatable bonds is 5. The molecule has 0 amide bonds. The predicted molar refractivity (Wildman–Crippen MR) is 103 cm³/mol. The second kappa shape index (κ2) is 7.59. The Bertz CT molecular complexity index is 999. The molecule has 0 atom stereocenters.